The monoisotopic (exact) mass is 446 g/mol. The molecule has 2 aromatic rings. The molecule has 0 aromatic heterocycles. The van der Waals surface area contributed by atoms with Gasteiger partial charge in [0.1, 0.15) is 17.4 Å². The normalized spacial score (nSPS) is 12.2. The average molecular weight is 446 g/mol. The van der Waals surface area contributed by atoms with Crippen molar-refractivity contribution in [2.75, 3.05) is 6.61 Å². The van der Waals surface area contributed by atoms with Crippen LogP contribution in [0.4, 0.5) is 0 Å². The summed E-state index contributed by atoms with van der Waals surface area (Å²) in [5.74, 6) is 0.406. The van der Waals surface area contributed by atoms with Crippen LogP contribution in [0, 0.1) is 14.9 Å². The Labute approximate surface area is 161 Å². The number of nitriles is 1. The quantitative estimate of drug-likeness (QED) is 0.405. The first-order valence-electron chi connectivity index (χ1n) is 7.95. The third-order valence-electron chi connectivity index (χ3n) is 3.58. The minimum absolute atomic E-state index is 0.0720. The Balaban J connectivity index is 2.15. The standard InChI is InChI=1S/C20H19IN2O2/c1-3-25-19-10-9-15(12-18(19)21)11-17(13-22)20(24)23-14(2)16-7-5-4-6-8-16/h4-12,14H,3H2,1-2H3,(H,23,24)/b17-11-/t14-/m0/s1. The molecule has 0 saturated heterocycles. The van der Waals surface area contributed by atoms with Gasteiger partial charge in [-0.1, -0.05) is 36.4 Å². The Hall–Kier alpha value is -2.33. The maximum absolute atomic E-state index is 12.4. The van der Waals surface area contributed by atoms with Gasteiger partial charge in [-0.05, 0) is 65.8 Å². The molecule has 128 valence electrons. The Morgan fingerprint density at radius 3 is 2.64 bits per heavy atom. The topological polar surface area (TPSA) is 62.1 Å². The van der Waals surface area contributed by atoms with Gasteiger partial charge in [-0.3, -0.25) is 4.79 Å². The van der Waals surface area contributed by atoms with Gasteiger partial charge in [0, 0.05) is 0 Å². The summed E-state index contributed by atoms with van der Waals surface area (Å²) in [6.45, 7) is 4.41. The van der Waals surface area contributed by atoms with E-state index < -0.39 is 0 Å². The molecule has 0 radical (unpaired) electrons. The molecule has 1 amide bonds. The molecule has 0 fully saturated rings. The molecule has 1 N–H and O–H groups in total. The second kappa shape index (κ2) is 9.23. The molecule has 5 heteroatoms. The summed E-state index contributed by atoms with van der Waals surface area (Å²) in [5, 5.41) is 12.2. The lowest BCUT2D eigenvalue weighted by atomic mass is 10.1. The van der Waals surface area contributed by atoms with E-state index in [0.717, 1.165) is 20.4 Å². The number of amides is 1. The van der Waals surface area contributed by atoms with Crippen molar-refractivity contribution in [3.63, 3.8) is 0 Å². The van der Waals surface area contributed by atoms with Gasteiger partial charge in [0.25, 0.3) is 5.91 Å². The number of ether oxygens (including phenoxy) is 1. The Bertz CT molecular complexity index is 810. The predicted octanol–water partition coefficient (Wildman–Crippen LogP) is 4.47. The number of benzene rings is 2. The molecule has 0 aliphatic rings. The fourth-order valence-corrected chi connectivity index (χ4v) is 2.99. The Morgan fingerprint density at radius 1 is 1.32 bits per heavy atom. The van der Waals surface area contributed by atoms with Crippen LogP contribution < -0.4 is 10.1 Å². The van der Waals surface area contributed by atoms with Crippen LogP contribution in [-0.2, 0) is 4.79 Å². The van der Waals surface area contributed by atoms with Gasteiger partial charge in [-0.15, -0.1) is 0 Å². The van der Waals surface area contributed by atoms with E-state index in [1.54, 1.807) is 6.08 Å². The summed E-state index contributed by atoms with van der Waals surface area (Å²) in [4.78, 5) is 12.4. The first-order chi connectivity index (χ1) is 12.0. The van der Waals surface area contributed by atoms with Crippen LogP contribution in [0.3, 0.4) is 0 Å². The van der Waals surface area contributed by atoms with Gasteiger partial charge in [0.15, 0.2) is 0 Å². The average Bonchev–Trinajstić information content (AvgIpc) is 2.62. The van der Waals surface area contributed by atoms with E-state index in [4.69, 9.17) is 4.74 Å². The lowest BCUT2D eigenvalue weighted by Gasteiger charge is -2.13. The van der Waals surface area contributed by atoms with Gasteiger partial charge >= 0.3 is 0 Å². The Kier molecular flexibility index (Phi) is 7.02. The minimum Gasteiger partial charge on any atom is -0.493 e. The van der Waals surface area contributed by atoms with Crippen LogP contribution in [0.25, 0.3) is 6.08 Å². The number of hydrogen-bond acceptors (Lipinski definition) is 3. The first kappa shape index (κ1) is 19.0. The second-order valence-corrected chi connectivity index (χ2v) is 6.56. The molecule has 0 aliphatic carbocycles. The smallest absolute Gasteiger partial charge is 0.262 e. The number of carbonyl (C=O) groups is 1. The molecule has 0 spiro atoms. The SMILES string of the molecule is CCOc1ccc(/C=C(/C#N)C(=O)N[C@@H](C)c2ccccc2)cc1I. The zero-order valence-corrected chi connectivity index (χ0v) is 16.3. The summed E-state index contributed by atoms with van der Waals surface area (Å²) >= 11 is 2.18. The molecule has 1 atom stereocenters. The summed E-state index contributed by atoms with van der Waals surface area (Å²) in [5.41, 5.74) is 1.85. The van der Waals surface area contributed by atoms with Crippen LogP contribution in [0.15, 0.2) is 54.1 Å². The molecule has 0 aliphatic heterocycles. The van der Waals surface area contributed by atoms with Gasteiger partial charge in [-0.2, -0.15) is 5.26 Å². The fraction of sp³-hybridized carbons (Fsp3) is 0.200. The van der Waals surface area contributed by atoms with Crippen molar-refractivity contribution in [3.8, 4) is 11.8 Å². The molecular formula is C20H19IN2O2. The molecule has 0 heterocycles. The third kappa shape index (κ3) is 5.33. The lowest BCUT2D eigenvalue weighted by Crippen LogP contribution is -2.27. The summed E-state index contributed by atoms with van der Waals surface area (Å²) in [6.07, 6.45) is 1.59. The molecule has 4 nitrogen and oxygen atoms in total. The van der Waals surface area contributed by atoms with Gasteiger partial charge in [0.2, 0.25) is 0 Å². The molecule has 2 aromatic carbocycles. The van der Waals surface area contributed by atoms with Crippen molar-refractivity contribution >= 4 is 34.6 Å². The van der Waals surface area contributed by atoms with Crippen LogP contribution in [-0.4, -0.2) is 12.5 Å². The molecule has 25 heavy (non-hydrogen) atoms. The largest absolute Gasteiger partial charge is 0.493 e. The zero-order valence-electron chi connectivity index (χ0n) is 14.1. The molecular weight excluding hydrogens is 427 g/mol. The van der Waals surface area contributed by atoms with Crippen molar-refractivity contribution in [1.82, 2.24) is 5.32 Å². The molecule has 2 rings (SSSR count). The maximum Gasteiger partial charge on any atom is 0.262 e. The third-order valence-corrected chi connectivity index (χ3v) is 4.42. The number of nitrogens with zero attached hydrogens (tertiary/aromatic N) is 1. The highest BCUT2D eigenvalue weighted by Gasteiger charge is 2.14. The van der Waals surface area contributed by atoms with E-state index in [-0.39, 0.29) is 17.5 Å². The first-order valence-corrected chi connectivity index (χ1v) is 9.03. The van der Waals surface area contributed by atoms with Crippen molar-refractivity contribution < 1.29 is 9.53 Å². The van der Waals surface area contributed by atoms with Crippen LogP contribution >= 0.6 is 22.6 Å². The van der Waals surface area contributed by atoms with E-state index in [1.165, 1.54) is 0 Å². The summed E-state index contributed by atoms with van der Waals surface area (Å²) in [7, 11) is 0. The van der Waals surface area contributed by atoms with Crippen LogP contribution in [0.1, 0.15) is 31.0 Å². The number of nitrogens with one attached hydrogen (secondary N) is 1. The minimum atomic E-state index is -0.386. The van der Waals surface area contributed by atoms with E-state index in [2.05, 4.69) is 27.9 Å². The molecule has 0 bridgehead atoms. The van der Waals surface area contributed by atoms with E-state index >= 15 is 0 Å². The van der Waals surface area contributed by atoms with Crippen molar-refractivity contribution in [3.05, 3.63) is 68.8 Å². The highest BCUT2D eigenvalue weighted by Crippen LogP contribution is 2.23. The van der Waals surface area contributed by atoms with Crippen LogP contribution in [0.2, 0.25) is 0 Å². The van der Waals surface area contributed by atoms with E-state index in [1.807, 2.05) is 68.4 Å². The van der Waals surface area contributed by atoms with Gasteiger partial charge < -0.3 is 10.1 Å². The highest BCUT2D eigenvalue weighted by molar-refractivity contribution is 14.1. The fourth-order valence-electron chi connectivity index (χ4n) is 2.29. The number of hydrogen-bond donors (Lipinski definition) is 1. The van der Waals surface area contributed by atoms with Crippen LogP contribution in [0.5, 0.6) is 5.75 Å². The van der Waals surface area contributed by atoms with Gasteiger partial charge in [0.05, 0.1) is 16.2 Å². The zero-order chi connectivity index (χ0) is 18.2. The predicted molar refractivity (Wildman–Crippen MR) is 107 cm³/mol. The molecule has 0 unspecified atom stereocenters. The number of carbonyl (C=O) groups excluding carboxylic acids is 1. The van der Waals surface area contributed by atoms with Crippen molar-refractivity contribution in [2.24, 2.45) is 0 Å². The van der Waals surface area contributed by atoms with E-state index in [9.17, 15) is 10.1 Å². The lowest BCUT2D eigenvalue weighted by molar-refractivity contribution is -0.117. The number of halogens is 1. The van der Waals surface area contributed by atoms with Gasteiger partial charge in [-0.25, -0.2) is 0 Å². The Morgan fingerprint density at radius 2 is 2.04 bits per heavy atom. The van der Waals surface area contributed by atoms with E-state index in [0.29, 0.717) is 6.61 Å². The van der Waals surface area contributed by atoms with Crippen molar-refractivity contribution in [1.29, 1.82) is 5.26 Å². The molecule has 0 saturated carbocycles. The summed E-state index contributed by atoms with van der Waals surface area (Å²) in [6, 6.07) is 17.0. The van der Waals surface area contributed by atoms with Crippen molar-refractivity contribution in [2.45, 2.75) is 19.9 Å². The second-order valence-electron chi connectivity index (χ2n) is 5.40. The summed E-state index contributed by atoms with van der Waals surface area (Å²) < 4.78 is 6.43. The maximum atomic E-state index is 12.4. The number of rotatable bonds is 6. The highest BCUT2D eigenvalue weighted by atomic mass is 127.